The van der Waals surface area contributed by atoms with Gasteiger partial charge in [0.25, 0.3) is 0 Å². The van der Waals surface area contributed by atoms with E-state index in [0.29, 0.717) is 0 Å². The van der Waals surface area contributed by atoms with Gasteiger partial charge in [0.05, 0.1) is 0 Å². The molecule has 1 fully saturated rings. The number of piperidine rings is 1. The molecule has 0 bridgehead atoms. The molecule has 0 radical (unpaired) electrons. The fourth-order valence-corrected chi connectivity index (χ4v) is 1.87. The number of likely N-dealkylation sites (N-methyl/N-ethyl adjacent to an activating group) is 1. The van der Waals surface area contributed by atoms with E-state index in [0.717, 1.165) is 25.9 Å². The first kappa shape index (κ1) is 15.8. The van der Waals surface area contributed by atoms with Crippen molar-refractivity contribution < 1.29 is 14.3 Å². The van der Waals surface area contributed by atoms with Gasteiger partial charge in [-0.1, -0.05) is 0 Å². The third-order valence-corrected chi connectivity index (χ3v) is 2.75. The predicted molar refractivity (Wildman–Crippen MR) is 72.9 cm³/mol. The molecule has 0 aromatic heterocycles. The number of carbonyl (C=O) groups is 2. The Kier molecular flexibility index (Phi) is 5.60. The lowest BCUT2D eigenvalue weighted by Gasteiger charge is -2.26. The average molecular weight is 271 g/mol. The number of nitrogens with one attached hydrogen (secondary N) is 2. The van der Waals surface area contributed by atoms with Gasteiger partial charge < -0.3 is 20.3 Å². The van der Waals surface area contributed by atoms with Crippen molar-refractivity contribution in [3.63, 3.8) is 0 Å². The molecule has 1 unspecified atom stereocenters. The quantitative estimate of drug-likeness (QED) is 0.793. The van der Waals surface area contributed by atoms with Crippen LogP contribution in [0.2, 0.25) is 0 Å². The normalized spacial score (nSPS) is 19.7. The minimum Gasteiger partial charge on any atom is -0.444 e. The van der Waals surface area contributed by atoms with E-state index in [9.17, 15) is 9.59 Å². The van der Waals surface area contributed by atoms with Crippen molar-refractivity contribution >= 4 is 12.0 Å². The van der Waals surface area contributed by atoms with Crippen molar-refractivity contribution in [3.8, 4) is 0 Å². The maximum atomic E-state index is 11.8. The van der Waals surface area contributed by atoms with Gasteiger partial charge in [-0.25, -0.2) is 4.79 Å². The highest BCUT2D eigenvalue weighted by molar-refractivity contribution is 5.82. The largest absolute Gasteiger partial charge is 0.444 e. The zero-order valence-corrected chi connectivity index (χ0v) is 12.3. The molecular weight excluding hydrogens is 246 g/mol. The lowest BCUT2D eigenvalue weighted by molar-refractivity contribution is -0.122. The molecule has 1 aliphatic heterocycles. The third-order valence-electron chi connectivity index (χ3n) is 2.75. The van der Waals surface area contributed by atoms with Crippen LogP contribution in [0.4, 0.5) is 4.79 Å². The summed E-state index contributed by atoms with van der Waals surface area (Å²) in [5.41, 5.74) is -0.547. The standard InChI is InChI=1S/C13H25N3O3/c1-13(2,3)19-12(18)16(4)9-11(17)15-10-6-5-7-14-8-10/h10,14H,5-9H2,1-4H3,(H,15,17). The number of rotatable bonds is 3. The molecule has 0 aliphatic carbocycles. The summed E-state index contributed by atoms with van der Waals surface area (Å²) in [7, 11) is 1.56. The molecule has 0 aromatic rings. The van der Waals surface area contributed by atoms with Crippen LogP contribution in [-0.2, 0) is 9.53 Å². The van der Waals surface area contributed by atoms with E-state index in [4.69, 9.17) is 4.74 Å². The van der Waals surface area contributed by atoms with Gasteiger partial charge in [0, 0.05) is 19.6 Å². The second kappa shape index (κ2) is 6.75. The highest BCUT2D eigenvalue weighted by Gasteiger charge is 2.22. The maximum Gasteiger partial charge on any atom is 0.410 e. The second-order valence-electron chi connectivity index (χ2n) is 5.95. The minimum absolute atomic E-state index is 0.0193. The lowest BCUT2D eigenvalue weighted by atomic mass is 10.1. The van der Waals surface area contributed by atoms with E-state index < -0.39 is 11.7 Å². The molecule has 1 heterocycles. The van der Waals surface area contributed by atoms with Crippen LogP contribution in [0.25, 0.3) is 0 Å². The number of amides is 2. The SMILES string of the molecule is CN(CC(=O)NC1CCCNC1)C(=O)OC(C)(C)C. The summed E-state index contributed by atoms with van der Waals surface area (Å²) in [6.07, 6.45) is 1.56. The van der Waals surface area contributed by atoms with Gasteiger partial charge >= 0.3 is 6.09 Å². The fourth-order valence-electron chi connectivity index (χ4n) is 1.87. The molecule has 6 heteroatoms. The van der Waals surface area contributed by atoms with Gasteiger partial charge in [0.2, 0.25) is 5.91 Å². The molecule has 1 atom stereocenters. The molecule has 2 N–H and O–H groups in total. The highest BCUT2D eigenvalue weighted by atomic mass is 16.6. The van der Waals surface area contributed by atoms with E-state index in [2.05, 4.69) is 10.6 Å². The fraction of sp³-hybridized carbons (Fsp3) is 0.846. The summed E-state index contributed by atoms with van der Waals surface area (Å²) in [6, 6.07) is 0.160. The maximum absolute atomic E-state index is 11.8. The Morgan fingerprint density at radius 2 is 2.11 bits per heavy atom. The summed E-state index contributed by atoms with van der Waals surface area (Å²) < 4.78 is 5.19. The van der Waals surface area contributed by atoms with Crippen LogP contribution in [0.1, 0.15) is 33.6 Å². The van der Waals surface area contributed by atoms with E-state index in [1.807, 2.05) is 0 Å². The van der Waals surface area contributed by atoms with Crippen LogP contribution in [0.15, 0.2) is 0 Å². The van der Waals surface area contributed by atoms with E-state index >= 15 is 0 Å². The Morgan fingerprint density at radius 1 is 1.42 bits per heavy atom. The molecule has 1 aliphatic rings. The van der Waals surface area contributed by atoms with Gasteiger partial charge in [-0.15, -0.1) is 0 Å². The summed E-state index contributed by atoms with van der Waals surface area (Å²) in [6.45, 7) is 7.21. The molecule has 1 rings (SSSR count). The molecule has 0 aromatic carbocycles. The summed E-state index contributed by atoms with van der Waals surface area (Å²) in [5, 5.41) is 6.14. The monoisotopic (exact) mass is 271 g/mol. The van der Waals surface area contributed by atoms with Gasteiger partial charge in [-0.3, -0.25) is 4.79 Å². The number of ether oxygens (including phenoxy) is 1. The summed E-state index contributed by atoms with van der Waals surface area (Å²) >= 11 is 0. The minimum atomic E-state index is -0.547. The number of carbonyl (C=O) groups excluding carboxylic acids is 2. The Bertz CT molecular complexity index is 320. The van der Waals surface area contributed by atoms with E-state index in [-0.39, 0.29) is 18.5 Å². The van der Waals surface area contributed by atoms with Crippen molar-refractivity contribution in [2.24, 2.45) is 0 Å². The molecular formula is C13H25N3O3. The van der Waals surface area contributed by atoms with Crippen molar-refractivity contribution in [2.75, 3.05) is 26.7 Å². The van der Waals surface area contributed by atoms with E-state index in [1.54, 1.807) is 27.8 Å². The van der Waals surface area contributed by atoms with Gasteiger partial charge in [0.15, 0.2) is 0 Å². The van der Waals surface area contributed by atoms with Crippen molar-refractivity contribution in [2.45, 2.75) is 45.3 Å². The van der Waals surface area contributed by atoms with Gasteiger partial charge in [-0.2, -0.15) is 0 Å². The Morgan fingerprint density at radius 3 is 2.63 bits per heavy atom. The van der Waals surface area contributed by atoms with Crippen molar-refractivity contribution in [1.29, 1.82) is 0 Å². The number of nitrogens with zero attached hydrogens (tertiary/aromatic N) is 1. The van der Waals surface area contributed by atoms with Crippen LogP contribution in [0.5, 0.6) is 0 Å². The smallest absolute Gasteiger partial charge is 0.410 e. The van der Waals surface area contributed by atoms with Crippen LogP contribution in [0, 0.1) is 0 Å². The van der Waals surface area contributed by atoms with Crippen LogP contribution >= 0.6 is 0 Å². The summed E-state index contributed by atoms with van der Waals surface area (Å²) in [4.78, 5) is 24.8. The van der Waals surface area contributed by atoms with Crippen molar-refractivity contribution in [1.82, 2.24) is 15.5 Å². The van der Waals surface area contributed by atoms with Crippen LogP contribution < -0.4 is 10.6 Å². The van der Waals surface area contributed by atoms with Gasteiger partial charge in [0.1, 0.15) is 12.1 Å². The molecule has 110 valence electrons. The first-order chi connectivity index (χ1) is 8.78. The Labute approximate surface area is 114 Å². The van der Waals surface area contributed by atoms with Crippen molar-refractivity contribution in [3.05, 3.63) is 0 Å². The molecule has 19 heavy (non-hydrogen) atoms. The van der Waals surface area contributed by atoms with Crippen LogP contribution in [0.3, 0.4) is 0 Å². The number of hydrogen-bond donors (Lipinski definition) is 2. The first-order valence-electron chi connectivity index (χ1n) is 6.72. The number of hydrogen-bond acceptors (Lipinski definition) is 4. The topological polar surface area (TPSA) is 70.7 Å². The molecule has 1 saturated heterocycles. The van der Waals surface area contributed by atoms with Gasteiger partial charge in [-0.05, 0) is 40.2 Å². The van der Waals surface area contributed by atoms with Crippen LogP contribution in [-0.4, -0.2) is 55.2 Å². The second-order valence-corrected chi connectivity index (χ2v) is 5.95. The molecule has 6 nitrogen and oxygen atoms in total. The van der Waals surface area contributed by atoms with E-state index in [1.165, 1.54) is 4.90 Å². The Hall–Kier alpha value is -1.30. The predicted octanol–water partition coefficient (Wildman–Crippen LogP) is 0.722. The third kappa shape index (κ3) is 6.42. The lowest BCUT2D eigenvalue weighted by Crippen LogP contribution is -2.49. The first-order valence-corrected chi connectivity index (χ1v) is 6.72. The molecule has 0 spiro atoms. The molecule has 2 amide bonds. The average Bonchev–Trinajstić information content (AvgIpc) is 2.27. The molecule has 0 saturated carbocycles. The summed E-state index contributed by atoms with van der Waals surface area (Å²) in [5.74, 6) is -0.151. The zero-order chi connectivity index (χ0) is 14.5. The Balaban J connectivity index is 2.32. The highest BCUT2D eigenvalue weighted by Crippen LogP contribution is 2.09. The zero-order valence-electron chi connectivity index (χ0n) is 12.3.